The van der Waals surface area contributed by atoms with Crippen LogP contribution in [0.15, 0.2) is 29.3 Å². The molecule has 0 aromatic heterocycles. The van der Waals surface area contributed by atoms with E-state index in [-0.39, 0.29) is 0 Å². The molecule has 21 heavy (non-hydrogen) atoms. The van der Waals surface area contributed by atoms with Gasteiger partial charge >= 0.3 is 0 Å². The summed E-state index contributed by atoms with van der Waals surface area (Å²) < 4.78 is 5.69. The molecule has 0 radical (unpaired) electrons. The fraction of sp³-hybridized carbons (Fsp3) is 0.562. The first-order chi connectivity index (χ1) is 10.3. The number of aliphatic imine (C=N–C) groups is 1. The van der Waals surface area contributed by atoms with Crippen LogP contribution in [0.5, 0.6) is 5.75 Å². The summed E-state index contributed by atoms with van der Waals surface area (Å²) in [6.45, 7) is 4.38. The van der Waals surface area contributed by atoms with E-state index in [4.69, 9.17) is 4.74 Å². The van der Waals surface area contributed by atoms with Crippen molar-refractivity contribution in [2.75, 3.05) is 38.8 Å². The molecule has 2 N–H and O–H groups in total. The van der Waals surface area contributed by atoms with Crippen molar-refractivity contribution in [2.45, 2.75) is 19.8 Å². The SMILES string of the molecule is CN=C(NCCCCSC)NCCOc1cccc(C)c1. The smallest absolute Gasteiger partial charge is 0.191 e. The fourth-order valence-electron chi connectivity index (χ4n) is 1.84. The lowest BCUT2D eigenvalue weighted by Crippen LogP contribution is -2.39. The molecule has 0 atom stereocenters. The van der Waals surface area contributed by atoms with Gasteiger partial charge in [0, 0.05) is 13.6 Å². The molecule has 0 aliphatic heterocycles. The maximum absolute atomic E-state index is 5.69. The summed E-state index contributed by atoms with van der Waals surface area (Å²) in [5.41, 5.74) is 1.21. The van der Waals surface area contributed by atoms with Crippen LogP contribution in [0.25, 0.3) is 0 Å². The number of hydrogen-bond donors (Lipinski definition) is 2. The molecule has 0 aliphatic carbocycles. The third-order valence-electron chi connectivity index (χ3n) is 2.94. The molecule has 1 rings (SSSR count). The predicted molar refractivity (Wildman–Crippen MR) is 93.7 cm³/mol. The number of thioether (sulfide) groups is 1. The first-order valence-corrected chi connectivity index (χ1v) is 8.78. The molecule has 5 heteroatoms. The zero-order valence-electron chi connectivity index (χ0n) is 13.3. The lowest BCUT2D eigenvalue weighted by Gasteiger charge is -2.12. The van der Waals surface area contributed by atoms with Gasteiger partial charge in [-0.1, -0.05) is 12.1 Å². The normalized spacial score (nSPS) is 11.3. The van der Waals surface area contributed by atoms with Crippen LogP contribution in [0.4, 0.5) is 0 Å². The van der Waals surface area contributed by atoms with Gasteiger partial charge in [0.15, 0.2) is 5.96 Å². The third-order valence-corrected chi connectivity index (χ3v) is 3.64. The zero-order valence-corrected chi connectivity index (χ0v) is 14.1. The summed E-state index contributed by atoms with van der Waals surface area (Å²) in [6.07, 6.45) is 4.55. The predicted octanol–water partition coefficient (Wildman–Crippen LogP) is 2.68. The van der Waals surface area contributed by atoms with Crippen LogP contribution < -0.4 is 15.4 Å². The van der Waals surface area contributed by atoms with E-state index in [0.29, 0.717) is 6.61 Å². The van der Waals surface area contributed by atoms with E-state index < -0.39 is 0 Å². The number of guanidine groups is 1. The lowest BCUT2D eigenvalue weighted by molar-refractivity contribution is 0.321. The Morgan fingerprint density at radius 2 is 2.05 bits per heavy atom. The zero-order chi connectivity index (χ0) is 15.3. The molecule has 0 saturated carbocycles. The number of hydrogen-bond acceptors (Lipinski definition) is 3. The van der Waals surface area contributed by atoms with Gasteiger partial charge in [0.25, 0.3) is 0 Å². The summed E-state index contributed by atoms with van der Waals surface area (Å²) in [7, 11) is 1.79. The largest absolute Gasteiger partial charge is 0.492 e. The van der Waals surface area contributed by atoms with Gasteiger partial charge in [0.1, 0.15) is 12.4 Å². The Morgan fingerprint density at radius 1 is 1.24 bits per heavy atom. The molecule has 0 saturated heterocycles. The molecule has 0 spiro atoms. The van der Waals surface area contributed by atoms with Crippen LogP contribution in [0, 0.1) is 6.92 Å². The maximum atomic E-state index is 5.69. The highest BCUT2D eigenvalue weighted by Gasteiger charge is 1.98. The second-order valence-corrected chi connectivity index (χ2v) is 5.78. The number of rotatable bonds is 9. The van der Waals surface area contributed by atoms with Crippen molar-refractivity contribution in [3.05, 3.63) is 29.8 Å². The van der Waals surface area contributed by atoms with Gasteiger partial charge in [-0.05, 0) is 49.5 Å². The standard InChI is InChI=1S/C16H27N3OS/c1-14-7-6-8-15(13-14)20-11-10-19-16(17-2)18-9-4-5-12-21-3/h6-8,13H,4-5,9-12H2,1-3H3,(H2,17,18,19). The summed E-state index contributed by atoms with van der Waals surface area (Å²) >= 11 is 1.89. The molecular weight excluding hydrogens is 282 g/mol. The molecule has 0 bridgehead atoms. The summed E-state index contributed by atoms with van der Waals surface area (Å²) in [6, 6.07) is 8.09. The van der Waals surface area contributed by atoms with Crippen LogP contribution in [-0.2, 0) is 0 Å². The van der Waals surface area contributed by atoms with E-state index >= 15 is 0 Å². The second-order valence-electron chi connectivity index (χ2n) is 4.79. The minimum atomic E-state index is 0.622. The number of nitrogens with zero attached hydrogens (tertiary/aromatic N) is 1. The molecule has 1 aromatic carbocycles. The minimum Gasteiger partial charge on any atom is -0.492 e. The maximum Gasteiger partial charge on any atom is 0.191 e. The first kappa shape index (κ1) is 17.7. The summed E-state index contributed by atoms with van der Waals surface area (Å²) in [5, 5.41) is 6.56. The molecule has 0 heterocycles. The Kier molecular flexibility index (Phi) is 9.53. The average molecular weight is 309 g/mol. The Balaban J connectivity index is 2.12. The van der Waals surface area contributed by atoms with Crippen molar-refractivity contribution < 1.29 is 4.74 Å². The van der Waals surface area contributed by atoms with E-state index in [1.807, 2.05) is 30.0 Å². The van der Waals surface area contributed by atoms with Crippen LogP contribution >= 0.6 is 11.8 Å². The molecule has 0 aliphatic rings. The van der Waals surface area contributed by atoms with E-state index in [0.717, 1.165) is 24.8 Å². The summed E-state index contributed by atoms with van der Waals surface area (Å²) in [4.78, 5) is 4.20. The molecule has 1 aromatic rings. The minimum absolute atomic E-state index is 0.622. The van der Waals surface area contributed by atoms with Crippen molar-refractivity contribution >= 4 is 17.7 Å². The Labute approximate surface area is 132 Å². The van der Waals surface area contributed by atoms with Gasteiger partial charge in [-0.2, -0.15) is 11.8 Å². The van der Waals surface area contributed by atoms with Crippen molar-refractivity contribution in [1.29, 1.82) is 0 Å². The number of benzene rings is 1. The van der Waals surface area contributed by atoms with E-state index in [1.165, 1.54) is 24.2 Å². The van der Waals surface area contributed by atoms with E-state index in [1.54, 1.807) is 7.05 Å². The highest BCUT2D eigenvalue weighted by Crippen LogP contribution is 2.11. The quantitative estimate of drug-likeness (QED) is 0.418. The Morgan fingerprint density at radius 3 is 2.76 bits per heavy atom. The fourth-order valence-corrected chi connectivity index (χ4v) is 2.34. The summed E-state index contributed by atoms with van der Waals surface area (Å²) in [5.74, 6) is 2.97. The average Bonchev–Trinajstić information content (AvgIpc) is 2.49. The van der Waals surface area contributed by atoms with Crippen molar-refractivity contribution in [2.24, 2.45) is 4.99 Å². The molecule has 118 valence electrons. The van der Waals surface area contributed by atoms with Crippen LogP contribution in [0.1, 0.15) is 18.4 Å². The number of ether oxygens (including phenoxy) is 1. The van der Waals surface area contributed by atoms with Crippen LogP contribution in [0.3, 0.4) is 0 Å². The topological polar surface area (TPSA) is 45.7 Å². The molecule has 4 nitrogen and oxygen atoms in total. The lowest BCUT2D eigenvalue weighted by atomic mass is 10.2. The molecule has 0 fully saturated rings. The highest BCUT2D eigenvalue weighted by molar-refractivity contribution is 7.98. The van der Waals surface area contributed by atoms with Gasteiger partial charge in [-0.3, -0.25) is 4.99 Å². The first-order valence-electron chi connectivity index (χ1n) is 7.39. The number of aryl methyl sites for hydroxylation is 1. The van der Waals surface area contributed by atoms with Gasteiger partial charge in [0.2, 0.25) is 0 Å². The molecular formula is C16H27N3OS. The van der Waals surface area contributed by atoms with Crippen LogP contribution in [-0.4, -0.2) is 44.7 Å². The number of nitrogens with one attached hydrogen (secondary N) is 2. The second kappa shape index (κ2) is 11.3. The van der Waals surface area contributed by atoms with Crippen molar-refractivity contribution in [1.82, 2.24) is 10.6 Å². The van der Waals surface area contributed by atoms with Gasteiger partial charge in [-0.15, -0.1) is 0 Å². The van der Waals surface area contributed by atoms with Crippen molar-refractivity contribution in [3.8, 4) is 5.75 Å². The van der Waals surface area contributed by atoms with E-state index in [2.05, 4.69) is 34.9 Å². The molecule has 0 amide bonds. The Hall–Kier alpha value is -1.36. The van der Waals surface area contributed by atoms with Gasteiger partial charge < -0.3 is 15.4 Å². The molecule has 0 unspecified atom stereocenters. The van der Waals surface area contributed by atoms with Gasteiger partial charge in [0.05, 0.1) is 6.54 Å². The monoisotopic (exact) mass is 309 g/mol. The van der Waals surface area contributed by atoms with Crippen molar-refractivity contribution in [3.63, 3.8) is 0 Å². The Bertz CT molecular complexity index is 424. The number of unbranched alkanes of at least 4 members (excludes halogenated alkanes) is 1. The van der Waals surface area contributed by atoms with Gasteiger partial charge in [-0.25, -0.2) is 0 Å². The van der Waals surface area contributed by atoms with Crippen LogP contribution in [0.2, 0.25) is 0 Å². The highest BCUT2D eigenvalue weighted by atomic mass is 32.2. The van der Waals surface area contributed by atoms with E-state index in [9.17, 15) is 0 Å². The third kappa shape index (κ3) is 8.50.